The van der Waals surface area contributed by atoms with Gasteiger partial charge in [0.05, 0.1) is 4.47 Å². The molecule has 0 bridgehead atoms. The molecule has 90 valence electrons. The smallest absolute Gasteiger partial charge is 0.351 e. The number of aromatic nitrogens is 1. The molecule has 1 aromatic heterocycles. The van der Waals surface area contributed by atoms with Crippen LogP contribution in [0, 0.1) is 0 Å². The van der Waals surface area contributed by atoms with Crippen molar-refractivity contribution < 1.29 is 17.9 Å². The highest BCUT2D eigenvalue weighted by molar-refractivity contribution is 9.11. The summed E-state index contributed by atoms with van der Waals surface area (Å²) in [6.45, 7) is -1.83. The van der Waals surface area contributed by atoms with Gasteiger partial charge in [0, 0.05) is 10.7 Å². The molecule has 0 unspecified atom stereocenters. The van der Waals surface area contributed by atoms with E-state index in [-0.39, 0.29) is 4.47 Å². The minimum atomic E-state index is -4.40. The predicted octanol–water partition coefficient (Wildman–Crippen LogP) is 2.91. The van der Waals surface area contributed by atoms with Gasteiger partial charge in [0.15, 0.2) is 0 Å². The van der Waals surface area contributed by atoms with Crippen LogP contribution in [0.1, 0.15) is 0 Å². The van der Waals surface area contributed by atoms with Gasteiger partial charge >= 0.3 is 6.18 Å². The molecule has 0 aromatic carbocycles. The summed E-state index contributed by atoms with van der Waals surface area (Å²) in [5.41, 5.74) is -0.453. The van der Waals surface area contributed by atoms with Crippen LogP contribution in [-0.4, -0.2) is 17.4 Å². The van der Waals surface area contributed by atoms with Crippen molar-refractivity contribution in [1.29, 1.82) is 0 Å². The predicted molar refractivity (Wildman–Crippen MR) is 58.1 cm³/mol. The van der Waals surface area contributed by atoms with Crippen LogP contribution >= 0.6 is 31.9 Å². The fourth-order valence-corrected chi connectivity index (χ4v) is 2.18. The second-order valence-electron chi connectivity index (χ2n) is 2.87. The summed E-state index contributed by atoms with van der Waals surface area (Å²) >= 11 is 6.10. The first-order valence-corrected chi connectivity index (χ1v) is 5.58. The van der Waals surface area contributed by atoms with Crippen molar-refractivity contribution in [1.82, 2.24) is 4.57 Å². The van der Waals surface area contributed by atoms with Crippen molar-refractivity contribution in [3.05, 3.63) is 31.6 Å². The van der Waals surface area contributed by atoms with E-state index in [9.17, 15) is 18.0 Å². The zero-order valence-corrected chi connectivity index (χ0v) is 10.9. The number of halogens is 5. The Hall–Kier alpha value is -0.340. The van der Waals surface area contributed by atoms with Crippen molar-refractivity contribution in [2.45, 2.75) is 12.9 Å². The van der Waals surface area contributed by atoms with Crippen molar-refractivity contribution in [2.24, 2.45) is 0 Å². The minimum Gasteiger partial charge on any atom is -0.351 e. The van der Waals surface area contributed by atoms with E-state index in [1.165, 1.54) is 12.3 Å². The highest BCUT2D eigenvalue weighted by Gasteiger charge is 2.27. The molecule has 0 amide bonds. The Balaban J connectivity index is 2.71. The van der Waals surface area contributed by atoms with Gasteiger partial charge in [-0.1, -0.05) is 0 Å². The third kappa shape index (κ3) is 4.26. The maximum absolute atomic E-state index is 11.8. The van der Waals surface area contributed by atoms with E-state index in [4.69, 9.17) is 0 Å². The number of ether oxygens (including phenoxy) is 1. The van der Waals surface area contributed by atoms with E-state index >= 15 is 0 Å². The molecule has 1 heterocycles. The molecule has 3 nitrogen and oxygen atoms in total. The molecule has 0 aliphatic rings. The van der Waals surface area contributed by atoms with Gasteiger partial charge in [0.1, 0.15) is 13.3 Å². The van der Waals surface area contributed by atoms with E-state index < -0.39 is 25.1 Å². The Morgan fingerprint density at radius 1 is 1.38 bits per heavy atom. The summed E-state index contributed by atoms with van der Waals surface area (Å²) in [6, 6.07) is 1.50. The molecule has 16 heavy (non-hydrogen) atoms. The largest absolute Gasteiger partial charge is 0.411 e. The zero-order valence-electron chi connectivity index (χ0n) is 7.72. The molecule has 1 rings (SSSR count). The van der Waals surface area contributed by atoms with Crippen molar-refractivity contribution >= 4 is 31.9 Å². The van der Waals surface area contributed by atoms with Crippen LogP contribution in [0.5, 0.6) is 0 Å². The molecule has 0 saturated heterocycles. The third-order valence-electron chi connectivity index (χ3n) is 1.51. The van der Waals surface area contributed by atoms with Crippen LogP contribution in [0.15, 0.2) is 26.0 Å². The number of rotatable bonds is 3. The molecule has 0 aliphatic carbocycles. The average Bonchev–Trinajstić information content (AvgIpc) is 2.11. The van der Waals surface area contributed by atoms with Crippen LogP contribution in [0.3, 0.4) is 0 Å². The summed E-state index contributed by atoms with van der Waals surface area (Å²) in [4.78, 5) is 11.4. The van der Waals surface area contributed by atoms with Crippen molar-refractivity contribution in [3.8, 4) is 0 Å². The monoisotopic (exact) mass is 363 g/mol. The summed E-state index contributed by atoms with van der Waals surface area (Å²) < 4.78 is 41.6. The van der Waals surface area contributed by atoms with Gasteiger partial charge in [-0.3, -0.25) is 9.36 Å². The van der Waals surface area contributed by atoms with Gasteiger partial charge in [0.25, 0.3) is 5.56 Å². The number of hydrogen-bond donors (Lipinski definition) is 0. The average molecular weight is 365 g/mol. The molecule has 1 aromatic rings. The van der Waals surface area contributed by atoms with Crippen molar-refractivity contribution in [2.75, 3.05) is 6.61 Å². The summed E-state index contributed by atoms with van der Waals surface area (Å²) in [6.07, 6.45) is -3.05. The lowest BCUT2D eigenvalue weighted by atomic mass is 10.5. The van der Waals surface area contributed by atoms with Gasteiger partial charge in [-0.2, -0.15) is 13.2 Å². The zero-order chi connectivity index (χ0) is 12.3. The molecule has 0 saturated carbocycles. The maximum atomic E-state index is 11.8. The Kier molecular flexibility index (Phi) is 4.57. The van der Waals surface area contributed by atoms with Crippen LogP contribution < -0.4 is 5.56 Å². The molecule has 0 spiro atoms. The van der Waals surface area contributed by atoms with Crippen LogP contribution in [0.4, 0.5) is 13.2 Å². The molecular weight excluding hydrogens is 359 g/mol. The first-order valence-electron chi connectivity index (χ1n) is 3.99. The van der Waals surface area contributed by atoms with E-state index in [0.717, 1.165) is 4.57 Å². The molecule has 0 aliphatic heterocycles. The first kappa shape index (κ1) is 13.7. The molecule has 0 fully saturated rings. The van der Waals surface area contributed by atoms with E-state index in [1.807, 2.05) is 0 Å². The summed E-state index contributed by atoms with van der Waals surface area (Å²) in [5, 5.41) is 0. The molecule has 0 atom stereocenters. The number of hydrogen-bond acceptors (Lipinski definition) is 2. The summed E-state index contributed by atoms with van der Waals surface area (Å²) in [7, 11) is 0. The van der Waals surface area contributed by atoms with E-state index in [0.29, 0.717) is 4.47 Å². The number of alkyl halides is 3. The first-order chi connectivity index (χ1) is 7.29. The molecule has 8 heteroatoms. The lowest BCUT2D eigenvalue weighted by molar-refractivity contribution is -0.182. The maximum Gasteiger partial charge on any atom is 0.411 e. The lowest BCUT2D eigenvalue weighted by Gasteiger charge is -2.10. The van der Waals surface area contributed by atoms with Gasteiger partial charge in [-0.25, -0.2) is 0 Å². The number of nitrogens with zero attached hydrogens (tertiary/aromatic N) is 1. The normalized spacial score (nSPS) is 11.8. The quantitative estimate of drug-likeness (QED) is 0.825. The van der Waals surface area contributed by atoms with Gasteiger partial charge in [0.2, 0.25) is 0 Å². The van der Waals surface area contributed by atoms with Gasteiger partial charge in [-0.05, 0) is 37.9 Å². The van der Waals surface area contributed by atoms with Crippen LogP contribution in [0.2, 0.25) is 0 Å². The van der Waals surface area contributed by atoms with Gasteiger partial charge < -0.3 is 4.74 Å². The van der Waals surface area contributed by atoms with Crippen molar-refractivity contribution in [3.63, 3.8) is 0 Å². The standard InChI is InChI=1S/C8H6Br2F3NO2/c9-5-1-6(10)7(15)14(2-5)4-16-3-8(11,12)13/h1-2H,3-4H2. The Morgan fingerprint density at radius 2 is 2.00 bits per heavy atom. The third-order valence-corrected chi connectivity index (χ3v) is 2.51. The highest BCUT2D eigenvalue weighted by atomic mass is 79.9. The Bertz CT molecular complexity index is 430. The molecule has 0 radical (unpaired) electrons. The fourth-order valence-electron chi connectivity index (χ4n) is 0.920. The molecular formula is C8H6Br2F3NO2. The van der Waals surface area contributed by atoms with Gasteiger partial charge in [-0.15, -0.1) is 0 Å². The van der Waals surface area contributed by atoms with E-state index in [2.05, 4.69) is 36.6 Å². The summed E-state index contributed by atoms with van der Waals surface area (Å²) in [5.74, 6) is 0. The number of pyridine rings is 1. The molecule has 0 N–H and O–H groups in total. The lowest BCUT2D eigenvalue weighted by Crippen LogP contribution is -2.24. The Labute approximate surface area is 105 Å². The Morgan fingerprint density at radius 3 is 2.56 bits per heavy atom. The SMILES string of the molecule is O=c1c(Br)cc(Br)cn1COCC(F)(F)F. The van der Waals surface area contributed by atoms with Crippen LogP contribution in [0.25, 0.3) is 0 Å². The minimum absolute atomic E-state index is 0.248. The second-order valence-corrected chi connectivity index (χ2v) is 4.64. The van der Waals surface area contributed by atoms with Crippen LogP contribution in [-0.2, 0) is 11.5 Å². The highest BCUT2D eigenvalue weighted by Crippen LogP contribution is 2.15. The second kappa shape index (κ2) is 5.33. The van der Waals surface area contributed by atoms with E-state index in [1.54, 1.807) is 0 Å². The topological polar surface area (TPSA) is 31.2 Å². The fraction of sp³-hybridized carbons (Fsp3) is 0.375.